The quantitative estimate of drug-likeness (QED) is 0.755. The van der Waals surface area contributed by atoms with Crippen LogP contribution >= 0.6 is 0 Å². The van der Waals surface area contributed by atoms with Gasteiger partial charge in [-0.3, -0.25) is 15.0 Å². The van der Waals surface area contributed by atoms with Crippen molar-refractivity contribution in [3.63, 3.8) is 0 Å². The van der Waals surface area contributed by atoms with Crippen molar-refractivity contribution in [3.05, 3.63) is 0 Å². The highest BCUT2D eigenvalue weighted by atomic mass is 16.4. The second-order valence-electron chi connectivity index (χ2n) is 7.18. The Morgan fingerprint density at radius 2 is 1.95 bits per heavy atom. The molecule has 3 unspecified atom stereocenters. The minimum atomic E-state index is -0.850. The zero-order valence-corrected chi connectivity index (χ0v) is 13.9. The lowest BCUT2D eigenvalue weighted by Crippen LogP contribution is -2.56. The topological polar surface area (TPSA) is 52.6 Å². The molecule has 1 fully saturated rings. The number of nitrogens with one attached hydrogen (secondary N) is 1. The first-order valence-electron chi connectivity index (χ1n) is 7.94. The molecule has 20 heavy (non-hydrogen) atoms. The summed E-state index contributed by atoms with van der Waals surface area (Å²) >= 11 is 0. The van der Waals surface area contributed by atoms with E-state index in [2.05, 4.69) is 31.0 Å². The highest BCUT2D eigenvalue weighted by Gasteiger charge is 2.39. The molecule has 1 aliphatic rings. The van der Waals surface area contributed by atoms with Crippen LogP contribution in [-0.2, 0) is 4.79 Å². The minimum absolute atomic E-state index is 0.169. The summed E-state index contributed by atoms with van der Waals surface area (Å²) in [4.78, 5) is 14.1. The normalized spacial score (nSPS) is 25.1. The van der Waals surface area contributed by atoms with E-state index in [-0.39, 0.29) is 12.1 Å². The van der Waals surface area contributed by atoms with Gasteiger partial charge >= 0.3 is 5.97 Å². The second-order valence-corrected chi connectivity index (χ2v) is 7.18. The predicted octanol–water partition coefficient (Wildman–Crippen LogP) is 2.73. The molecule has 4 nitrogen and oxygen atoms in total. The summed E-state index contributed by atoms with van der Waals surface area (Å²) < 4.78 is 0. The molecule has 3 atom stereocenters. The number of carboxylic acids is 1. The Morgan fingerprint density at radius 3 is 2.40 bits per heavy atom. The molecule has 1 heterocycles. The van der Waals surface area contributed by atoms with Crippen LogP contribution in [0.5, 0.6) is 0 Å². The zero-order chi connectivity index (χ0) is 15.5. The molecule has 0 bridgehead atoms. The molecule has 0 amide bonds. The molecule has 0 radical (unpaired) electrons. The predicted molar refractivity (Wildman–Crippen MR) is 83.0 cm³/mol. The summed E-state index contributed by atoms with van der Waals surface area (Å²) in [5, 5.41) is 12.8. The van der Waals surface area contributed by atoms with Gasteiger partial charge in [0, 0.05) is 18.1 Å². The summed E-state index contributed by atoms with van der Waals surface area (Å²) in [7, 11) is 0. The van der Waals surface area contributed by atoms with Crippen LogP contribution in [-0.4, -0.2) is 46.2 Å². The fraction of sp³-hybridized carbons (Fsp3) is 0.938. The van der Waals surface area contributed by atoms with Crippen LogP contribution in [0.15, 0.2) is 0 Å². The smallest absolute Gasteiger partial charge is 0.323 e. The van der Waals surface area contributed by atoms with Crippen LogP contribution in [0.25, 0.3) is 0 Å². The molecular formula is C16H32N2O2. The Kier molecular flexibility index (Phi) is 6.02. The summed E-state index contributed by atoms with van der Waals surface area (Å²) in [5.74, 6) is -0.118. The van der Waals surface area contributed by atoms with Gasteiger partial charge < -0.3 is 5.11 Å². The summed E-state index contributed by atoms with van der Waals surface area (Å²) in [6.07, 6.45) is 3.11. The van der Waals surface area contributed by atoms with Crippen LogP contribution < -0.4 is 5.32 Å². The molecule has 1 rings (SSSR count). The number of rotatable bonds is 7. The van der Waals surface area contributed by atoms with E-state index in [0.717, 1.165) is 6.54 Å². The third-order valence-corrected chi connectivity index (χ3v) is 4.46. The maximum absolute atomic E-state index is 11.6. The Labute approximate surface area is 123 Å². The molecule has 4 heteroatoms. The maximum atomic E-state index is 11.6. The number of likely N-dealkylation sites (tertiary alicyclic amines) is 1. The number of aliphatic carboxylic acids is 1. The van der Waals surface area contributed by atoms with Crippen LogP contribution in [0.3, 0.4) is 0 Å². The first kappa shape index (κ1) is 17.4. The second kappa shape index (κ2) is 6.90. The Bertz CT molecular complexity index is 330. The Balaban J connectivity index is 2.75. The van der Waals surface area contributed by atoms with E-state index in [1.54, 1.807) is 0 Å². The van der Waals surface area contributed by atoms with E-state index in [9.17, 15) is 9.90 Å². The van der Waals surface area contributed by atoms with Crippen LogP contribution in [0.4, 0.5) is 0 Å². The van der Waals surface area contributed by atoms with Crippen molar-refractivity contribution in [3.8, 4) is 0 Å². The average Bonchev–Trinajstić information content (AvgIpc) is 2.76. The van der Waals surface area contributed by atoms with Crippen LogP contribution in [0.1, 0.15) is 60.8 Å². The van der Waals surface area contributed by atoms with Gasteiger partial charge in [0.25, 0.3) is 0 Å². The van der Waals surface area contributed by atoms with Crippen molar-refractivity contribution in [2.24, 2.45) is 5.92 Å². The number of nitrogens with zero attached hydrogens (tertiary/aromatic N) is 1. The number of carbonyl (C=O) groups is 1. The first-order chi connectivity index (χ1) is 9.17. The molecule has 0 aromatic carbocycles. The fourth-order valence-corrected chi connectivity index (χ4v) is 3.63. The van der Waals surface area contributed by atoms with E-state index < -0.39 is 11.5 Å². The zero-order valence-electron chi connectivity index (χ0n) is 13.9. The lowest BCUT2D eigenvalue weighted by molar-refractivity contribution is -0.145. The molecule has 0 saturated carbocycles. The number of hydrogen-bond acceptors (Lipinski definition) is 3. The first-order valence-corrected chi connectivity index (χ1v) is 7.94. The standard InChI is InChI=1S/C16H32N2O2/c1-11(2)14-8-7-9-18(14)13(5)10-16(6,15(19)20)17-12(3)4/h11-14,17H,7-10H2,1-6H3,(H,19,20). The highest BCUT2D eigenvalue weighted by Crippen LogP contribution is 2.29. The van der Waals surface area contributed by atoms with E-state index in [0.29, 0.717) is 18.4 Å². The van der Waals surface area contributed by atoms with E-state index in [1.165, 1.54) is 12.8 Å². The number of hydrogen-bond donors (Lipinski definition) is 2. The van der Waals surface area contributed by atoms with Crippen molar-refractivity contribution in [2.75, 3.05) is 6.54 Å². The summed E-state index contributed by atoms with van der Waals surface area (Å²) in [6, 6.07) is 1.06. The van der Waals surface area contributed by atoms with Gasteiger partial charge in [0.2, 0.25) is 0 Å². The SMILES string of the molecule is CC(C)NC(C)(CC(C)N1CCCC1C(C)C)C(=O)O. The van der Waals surface area contributed by atoms with Crippen molar-refractivity contribution in [1.82, 2.24) is 10.2 Å². The van der Waals surface area contributed by atoms with Crippen molar-refractivity contribution in [2.45, 2.75) is 84.5 Å². The van der Waals surface area contributed by atoms with Gasteiger partial charge in [-0.1, -0.05) is 13.8 Å². The van der Waals surface area contributed by atoms with E-state index >= 15 is 0 Å². The molecule has 0 aliphatic carbocycles. The maximum Gasteiger partial charge on any atom is 0.323 e. The van der Waals surface area contributed by atoms with Gasteiger partial charge in [0.05, 0.1) is 0 Å². The van der Waals surface area contributed by atoms with Crippen molar-refractivity contribution >= 4 is 5.97 Å². The summed E-state index contributed by atoms with van der Waals surface area (Å²) in [5.41, 5.74) is -0.850. The Hall–Kier alpha value is -0.610. The molecule has 0 aromatic heterocycles. The molecule has 0 spiro atoms. The minimum Gasteiger partial charge on any atom is -0.480 e. The lowest BCUT2D eigenvalue weighted by Gasteiger charge is -2.38. The third-order valence-electron chi connectivity index (χ3n) is 4.46. The van der Waals surface area contributed by atoms with E-state index in [1.807, 2.05) is 20.8 Å². The van der Waals surface area contributed by atoms with Gasteiger partial charge in [-0.25, -0.2) is 0 Å². The molecule has 118 valence electrons. The van der Waals surface area contributed by atoms with Crippen LogP contribution in [0, 0.1) is 5.92 Å². The van der Waals surface area contributed by atoms with Crippen LogP contribution in [0.2, 0.25) is 0 Å². The monoisotopic (exact) mass is 284 g/mol. The molecule has 2 N–H and O–H groups in total. The largest absolute Gasteiger partial charge is 0.480 e. The average molecular weight is 284 g/mol. The van der Waals surface area contributed by atoms with E-state index in [4.69, 9.17) is 0 Å². The third kappa shape index (κ3) is 4.19. The lowest BCUT2D eigenvalue weighted by atomic mass is 9.91. The number of carboxylic acid groups (broad SMARTS) is 1. The Morgan fingerprint density at radius 1 is 1.35 bits per heavy atom. The van der Waals surface area contributed by atoms with Gasteiger partial charge in [-0.05, 0) is 59.4 Å². The molecule has 0 aromatic rings. The van der Waals surface area contributed by atoms with Gasteiger partial charge in [-0.15, -0.1) is 0 Å². The molecular weight excluding hydrogens is 252 g/mol. The summed E-state index contributed by atoms with van der Waals surface area (Å²) in [6.45, 7) is 13.6. The van der Waals surface area contributed by atoms with Gasteiger partial charge in [0.1, 0.15) is 5.54 Å². The van der Waals surface area contributed by atoms with Gasteiger partial charge in [0.15, 0.2) is 0 Å². The van der Waals surface area contributed by atoms with Gasteiger partial charge in [-0.2, -0.15) is 0 Å². The van der Waals surface area contributed by atoms with Crippen molar-refractivity contribution in [1.29, 1.82) is 0 Å². The van der Waals surface area contributed by atoms with Crippen molar-refractivity contribution < 1.29 is 9.90 Å². The molecule has 1 aliphatic heterocycles. The fourth-order valence-electron chi connectivity index (χ4n) is 3.63. The molecule has 1 saturated heterocycles. The highest BCUT2D eigenvalue weighted by molar-refractivity contribution is 5.78.